The van der Waals surface area contributed by atoms with Gasteiger partial charge in [-0.3, -0.25) is 4.90 Å². The second-order valence-electron chi connectivity index (χ2n) is 11.2. The van der Waals surface area contributed by atoms with E-state index >= 15 is 0 Å². The summed E-state index contributed by atoms with van der Waals surface area (Å²) in [6.45, 7) is 5.29. The Bertz CT molecular complexity index is 593. The molecule has 146 valence electrons. The molecular weight excluding hydrogens is 431 g/mol. The van der Waals surface area contributed by atoms with Crippen LogP contribution in [0.3, 0.4) is 0 Å². The van der Waals surface area contributed by atoms with E-state index in [0.717, 1.165) is 41.7 Å². The molecule has 6 fully saturated rings. The Balaban J connectivity index is 1.39. The van der Waals surface area contributed by atoms with Crippen molar-refractivity contribution in [3.8, 4) is 0 Å². The Hall–Kier alpha value is 0.650. The van der Waals surface area contributed by atoms with Crippen LogP contribution in [0.1, 0.15) is 90.9 Å². The minimum atomic E-state index is 0.349. The van der Waals surface area contributed by atoms with Gasteiger partial charge in [0.15, 0.2) is 0 Å². The van der Waals surface area contributed by atoms with E-state index < -0.39 is 0 Å². The average Bonchev–Trinajstić information content (AvgIpc) is 3.14. The SMILES string of the molecule is CC12C3CC4CCCCC4CC3C3CCC4CCCCC4N3C1(C)N2I. The third-order valence-corrected chi connectivity index (χ3v) is 12.5. The molecule has 0 bridgehead atoms. The Morgan fingerprint density at radius 3 is 2.15 bits per heavy atom. The van der Waals surface area contributed by atoms with Gasteiger partial charge in [0.2, 0.25) is 0 Å². The second kappa shape index (κ2) is 5.84. The molecular formula is C23H37IN2. The molecule has 0 amide bonds. The molecule has 0 aromatic heterocycles. The lowest BCUT2D eigenvalue weighted by molar-refractivity contribution is -0.119. The molecule has 10 unspecified atom stereocenters. The molecule has 0 radical (unpaired) electrons. The van der Waals surface area contributed by atoms with Crippen LogP contribution in [0.4, 0.5) is 0 Å². The van der Waals surface area contributed by atoms with E-state index in [0.29, 0.717) is 11.2 Å². The lowest BCUT2D eigenvalue weighted by Crippen LogP contribution is -2.67. The summed E-state index contributed by atoms with van der Waals surface area (Å²) < 4.78 is 2.80. The molecule has 26 heavy (non-hydrogen) atoms. The third kappa shape index (κ3) is 2.02. The summed E-state index contributed by atoms with van der Waals surface area (Å²) in [5, 5.41) is 0. The maximum atomic E-state index is 3.15. The zero-order valence-electron chi connectivity index (χ0n) is 16.8. The normalized spacial score (nSPS) is 61.5. The van der Waals surface area contributed by atoms with E-state index in [-0.39, 0.29) is 0 Å². The van der Waals surface area contributed by atoms with Crippen molar-refractivity contribution in [2.75, 3.05) is 0 Å². The van der Waals surface area contributed by atoms with E-state index in [1.54, 1.807) is 25.7 Å². The summed E-state index contributed by atoms with van der Waals surface area (Å²) in [6.07, 6.45) is 18.3. The highest BCUT2D eigenvalue weighted by Gasteiger charge is 2.80. The molecule has 6 aliphatic rings. The van der Waals surface area contributed by atoms with Crippen LogP contribution in [0.2, 0.25) is 0 Å². The number of fused-ring (bicyclic) bond motifs is 9. The Morgan fingerprint density at radius 2 is 1.38 bits per heavy atom. The minimum Gasteiger partial charge on any atom is -0.277 e. The third-order valence-electron chi connectivity index (χ3n) is 10.5. The molecule has 3 aliphatic carbocycles. The first-order valence-electron chi connectivity index (χ1n) is 11.8. The summed E-state index contributed by atoms with van der Waals surface area (Å²) in [7, 11) is 0. The van der Waals surface area contributed by atoms with Crippen molar-refractivity contribution in [3.63, 3.8) is 0 Å². The van der Waals surface area contributed by atoms with Crippen LogP contribution in [0.25, 0.3) is 0 Å². The standard InChI is InChI=1S/C23H37IN2/c1-22-19-14-17-9-4-3-8-16(17)13-18(19)21-12-11-15-7-5-6-10-20(15)25(21)23(22,2)26(22)24/h15-21H,3-14H2,1-2H3. The molecule has 0 aromatic rings. The van der Waals surface area contributed by atoms with Crippen molar-refractivity contribution in [3.05, 3.63) is 0 Å². The molecule has 0 N–H and O–H groups in total. The van der Waals surface area contributed by atoms with E-state index in [9.17, 15) is 0 Å². The Kier molecular flexibility index (Phi) is 3.93. The highest BCUT2D eigenvalue weighted by Crippen LogP contribution is 2.71. The van der Waals surface area contributed by atoms with E-state index in [4.69, 9.17) is 0 Å². The van der Waals surface area contributed by atoms with Crippen LogP contribution in [0, 0.1) is 29.6 Å². The summed E-state index contributed by atoms with van der Waals surface area (Å²) >= 11 is 2.73. The smallest absolute Gasteiger partial charge is 0.100 e. The molecule has 3 aliphatic heterocycles. The number of halogens is 1. The van der Waals surface area contributed by atoms with Crippen molar-refractivity contribution in [1.82, 2.24) is 8.01 Å². The predicted molar refractivity (Wildman–Crippen MR) is 115 cm³/mol. The van der Waals surface area contributed by atoms with Gasteiger partial charge in [0.1, 0.15) is 5.66 Å². The van der Waals surface area contributed by atoms with E-state index in [1.807, 2.05) is 0 Å². The maximum absolute atomic E-state index is 3.15. The van der Waals surface area contributed by atoms with Crippen molar-refractivity contribution >= 4 is 22.9 Å². The largest absolute Gasteiger partial charge is 0.277 e. The van der Waals surface area contributed by atoms with Gasteiger partial charge in [0, 0.05) is 34.9 Å². The first-order valence-corrected chi connectivity index (χ1v) is 12.8. The fourth-order valence-corrected chi connectivity index (χ4v) is 10.6. The van der Waals surface area contributed by atoms with Crippen LogP contribution < -0.4 is 0 Å². The number of piperidine rings is 2. The summed E-state index contributed by atoms with van der Waals surface area (Å²) in [5.74, 6) is 5.11. The van der Waals surface area contributed by atoms with Crippen molar-refractivity contribution in [2.24, 2.45) is 29.6 Å². The van der Waals surface area contributed by atoms with Gasteiger partial charge in [-0.05, 0) is 82.0 Å². The van der Waals surface area contributed by atoms with Gasteiger partial charge in [0.05, 0.1) is 5.54 Å². The molecule has 10 atom stereocenters. The zero-order valence-corrected chi connectivity index (χ0v) is 19.0. The Morgan fingerprint density at radius 1 is 0.731 bits per heavy atom. The van der Waals surface area contributed by atoms with Crippen LogP contribution in [-0.4, -0.2) is 31.3 Å². The van der Waals surface area contributed by atoms with Crippen LogP contribution >= 0.6 is 22.9 Å². The first-order chi connectivity index (χ1) is 12.6. The zero-order chi connectivity index (χ0) is 17.7. The monoisotopic (exact) mass is 468 g/mol. The topological polar surface area (TPSA) is 6.25 Å². The predicted octanol–water partition coefficient (Wildman–Crippen LogP) is 6.00. The molecule has 2 nitrogen and oxygen atoms in total. The van der Waals surface area contributed by atoms with Gasteiger partial charge in [-0.25, -0.2) is 3.11 Å². The molecule has 6 rings (SSSR count). The fourth-order valence-electron chi connectivity index (χ4n) is 9.15. The van der Waals surface area contributed by atoms with Gasteiger partial charge in [-0.15, -0.1) is 0 Å². The lowest BCUT2D eigenvalue weighted by atomic mass is 9.54. The number of hydrogen-bond donors (Lipinski definition) is 0. The molecule has 3 heterocycles. The molecule has 3 saturated heterocycles. The summed E-state index contributed by atoms with van der Waals surface area (Å²) in [6, 6.07) is 1.80. The molecule has 3 saturated carbocycles. The lowest BCUT2D eigenvalue weighted by Gasteiger charge is -2.61. The van der Waals surface area contributed by atoms with Gasteiger partial charge < -0.3 is 0 Å². The number of nitrogens with zero attached hydrogens (tertiary/aromatic N) is 2. The highest BCUT2D eigenvalue weighted by molar-refractivity contribution is 14.1. The van der Waals surface area contributed by atoms with Crippen LogP contribution in [-0.2, 0) is 0 Å². The van der Waals surface area contributed by atoms with Crippen LogP contribution in [0.15, 0.2) is 0 Å². The van der Waals surface area contributed by atoms with E-state index in [1.165, 1.54) is 51.4 Å². The fraction of sp³-hybridized carbons (Fsp3) is 1.00. The molecule has 0 aromatic carbocycles. The van der Waals surface area contributed by atoms with E-state index in [2.05, 4.69) is 44.7 Å². The van der Waals surface area contributed by atoms with Gasteiger partial charge >= 0.3 is 0 Å². The first kappa shape index (κ1) is 17.5. The van der Waals surface area contributed by atoms with Gasteiger partial charge in [-0.1, -0.05) is 38.5 Å². The molecule has 3 heteroatoms. The van der Waals surface area contributed by atoms with Crippen LogP contribution in [0.5, 0.6) is 0 Å². The summed E-state index contributed by atoms with van der Waals surface area (Å²) in [4.78, 5) is 3.15. The number of hydrogen-bond acceptors (Lipinski definition) is 2. The number of rotatable bonds is 0. The second-order valence-corrected chi connectivity index (χ2v) is 12.1. The van der Waals surface area contributed by atoms with Crippen molar-refractivity contribution in [2.45, 2.75) is 114 Å². The summed E-state index contributed by atoms with van der Waals surface area (Å²) in [5.41, 5.74) is 0.790. The average molecular weight is 468 g/mol. The quantitative estimate of drug-likeness (QED) is 0.245. The van der Waals surface area contributed by atoms with Gasteiger partial charge in [0.25, 0.3) is 0 Å². The van der Waals surface area contributed by atoms with Crippen molar-refractivity contribution in [1.29, 1.82) is 0 Å². The molecule has 0 spiro atoms. The van der Waals surface area contributed by atoms with Crippen molar-refractivity contribution < 1.29 is 0 Å². The van der Waals surface area contributed by atoms with Gasteiger partial charge in [-0.2, -0.15) is 0 Å². The highest BCUT2D eigenvalue weighted by atomic mass is 127. The maximum Gasteiger partial charge on any atom is 0.100 e. The Labute approximate surface area is 174 Å². The minimum absolute atomic E-state index is 0.349.